The highest BCUT2D eigenvalue weighted by atomic mass is 14.5. The molecule has 0 bridgehead atoms. The second kappa shape index (κ2) is 6.77. The zero-order chi connectivity index (χ0) is 16.2. The second-order valence-corrected chi connectivity index (χ2v) is 6.82. The summed E-state index contributed by atoms with van der Waals surface area (Å²) in [6, 6.07) is 18.7. The zero-order valence-corrected chi connectivity index (χ0v) is 13.6. The third kappa shape index (κ3) is 3.96. The number of hydrogen-bond donors (Lipinski definition) is 1. The lowest BCUT2D eigenvalue weighted by Crippen LogP contribution is -2.16. The van der Waals surface area contributed by atoms with E-state index in [1.807, 2.05) is 18.2 Å². The average molecular weight is 292 g/mol. The van der Waals surface area contributed by atoms with E-state index in [-0.39, 0.29) is 11.3 Å². The summed E-state index contributed by atoms with van der Waals surface area (Å²) in [7, 11) is 0. The first-order chi connectivity index (χ1) is 10.4. The Bertz CT molecular complexity index is 657. The molecule has 2 rings (SSSR count). The fourth-order valence-electron chi connectivity index (χ4n) is 2.64. The van der Waals surface area contributed by atoms with Crippen LogP contribution in [0.5, 0.6) is 0 Å². The van der Waals surface area contributed by atoms with E-state index in [0.717, 1.165) is 12.0 Å². The number of nitrogens with two attached hydrogens (primary N) is 1. The Kier molecular flexibility index (Phi) is 5.00. The Morgan fingerprint density at radius 2 is 1.77 bits per heavy atom. The molecular formula is C20H24N2. The molecule has 2 aromatic carbocycles. The van der Waals surface area contributed by atoms with Gasteiger partial charge in [-0.1, -0.05) is 57.2 Å². The summed E-state index contributed by atoms with van der Waals surface area (Å²) < 4.78 is 0. The fraction of sp³-hybridized carbons (Fsp3) is 0.350. The molecule has 0 radical (unpaired) electrons. The van der Waals surface area contributed by atoms with Crippen molar-refractivity contribution in [2.45, 2.75) is 38.5 Å². The standard InChI is InChI=1S/C20H24N2/c1-20(2,3)19-9-7-17(8-10-19)18(14-22)12-15-5-4-6-16(11-15)13-21/h4-11,18H,12,14,22H2,1-3H3. The molecule has 0 aliphatic rings. The summed E-state index contributed by atoms with van der Waals surface area (Å²) in [5.74, 6) is 0.281. The van der Waals surface area contributed by atoms with Crippen molar-refractivity contribution in [3.8, 4) is 6.07 Å². The smallest absolute Gasteiger partial charge is 0.0991 e. The monoisotopic (exact) mass is 292 g/mol. The first-order valence-electron chi connectivity index (χ1n) is 7.73. The molecular weight excluding hydrogens is 268 g/mol. The SMILES string of the molecule is CC(C)(C)c1ccc(C(CN)Cc2cccc(C#N)c2)cc1. The highest BCUT2D eigenvalue weighted by Gasteiger charge is 2.15. The van der Waals surface area contributed by atoms with Gasteiger partial charge < -0.3 is 5.73 Å². The van der Waals surface area contributed by atoms with Crippen molar-refractivity contribution in [3.63, 3.8) is 0 Å². The van der Waals surface area contributed by atoms with Crippen LogP contribution in [0, 0.1) is 11.3 Å². The summed E-state index contributed by atoms with van der Waals surface area (Å²) in [6.45, 7) is 7.26. The van der Waals surface area contributed by atoms with E-state index in [4.69, 9.17) is 11.0 Å². The molecule has 2 heteroatoms. The van der Waals surface area contributed by atoms with Crippen LogP contribution in [0.3, 0.4) is 0 Å². The molecule has 114 valence electrons. The molecule has 0 saturated carbocycles. The maximum absolute atomic E-state index is 9.00. The summed E-state index contributed by atoms with van der Waals surface area (Å²) in [4.78, 5) is 0. The number of nitriles is 1. The third-order valence-corrected chi connectivity index (χ3v) is 4.07. The lowest BCUT2D eigenvalue weighted by Gasteiger charge is -2.21. The van der Waals surface area contributed by atoms with E-state index < -0.39 is 0 Å². The lowest BCUT2D eigenvalue weighted by atomic mass is 9.84. The molecule has 1 unspecified atom stereocenters. The van der Waals surface area contributed by atoms with E-state index in [2.05, 4.69) is 57.2 Å². The second-order valence-electron chi connectivity index (χ2n) is 6.82. The molecule has 2 nitrogen and oxygen atoms in total. The van der Waals surface area contributed by atoms with Crippen LogP contribution < -0.4 is 5.73 Å². The topological polar surface area (TPSA) is 49.8 Å². The van der Waals surface area contributed by atoms with Gasteiger partial charge in [0.05, 0.1) is 11.6 Å². The Morgan fingerprint density at radius 1 is 1.09 bits per heavy atom. The maximum atomic E-state index is 9.00. The third-order valence-electron chi connectivity index (χ3n) is 4.07. The van der Waals surface area contributed by atoms with Crippen LogP contribution >= 0.6 is 0 Å². The van der Waals surface area contributed by atoms with Gasteiger partial charge in [0.25, 0.3) is 0 Å². The number of rotatable bonds is 4. The van der Waals surface area contributed by atoms with Crippen LogP contribution in [0.15, 0.2) is 48.5 Å². The van der Waals surface area contributed by atoms with Crippen LogP contribution in [0.1, 0.15) is 48.9 Å². The average Bonchev–Trinajstić information content (AvgIpc) is 2.52. The number of hydrogen-bond acceptors (Lipinski definition) is 2. The Hall–Kier alpha value is -2.11. The highest BCUT2D eigenvalue weighted by molar-refractivity contribution is 5.35. The van der Waals surface area contributed by atoms with E-state index in [9.17, 15) is 0 Å². The van der Waals surface area contributed by atoms with Gasteiger partial charge in [-0.05, 0) is 47.2 Å². The van der Waals surface area contributed by atoms with E-state index in [0.29, 0.717) is 12.1 Å². The Balaban J connectivity index is 2.19. The van der Waals surface area contributed by atoms with Crippen LogP contribution in [-0.2, 0) is 11.8 Å². The number of nitrogens with zero attached hydrogens (tertiary/aromatic N) is 1. The van der Waals surface area contributed by atoms with Crippen molar-refractivity contribution in [3.05, 3.63) is 70.8 Å². The van der Waals surface area contributed by atoms with Gasteiger partial charge in [0, 0.05) is 5.92 Å². The molecule has 2 N–H and O–H groups in total. The van der Waals surface area contributed by atoms with Crippen LogP contribution in [0.2, 0.25) is 0 Å². The molecule has 1 atom stereocenters. The van der Waals surface area contributed by atoms with Gasteiger partial charge in [0.2, 0.25) is 0 Å². The summed E-state index contributed by atoms with van der Waals surface area (Å²) in [6.07, 6.45) is 0.862. The molecule has 0 amide bonds. The Morgan fingerprint density at radius 3 is 2.32 bits per heavy atom. The predicted octanol–water partition coefficient (Wildman–Crippen LogP) is 4.14. The van der Waals surface area contributed by atoms with Crippen molar-refractivity contribution in [2.24, 2.45) is 5.73 Å². The number of benzene rings is 2. The molecule has 0 spiro atoms. The van der Waals surface area contributed by atoms with Gasteiger partial charge >= 0.3 is 0 Å². The minimum absolute atomic E-state index is 0.165. The normalized spacial score (nSPS) is 12.7. The molecule has 2 aromatic rings. The van der Waals surface area contributed by atoms with Crippen molar-refractivity contribution >= 4 is 0 Å². The van der Waals surface area contributed by atoms with Crippen molar-refractivity contribution in [1.82, 2.24) is 0 Å². The molecule has 0 saturated heterocycles. The summed E-state index contributed by atoms with van der Waals surface area (Å²) >= 11 is 0. The van der Waals surface area contributed by atoms with Crippen LogP contribution in [-0.4, -0.2) is 6.54 Å². The molecule has 22 heavy (non-hydrogen) atoms. The lowest BCUT2D eigenvalue weighted by molar-refractivity contribution is 0.589. The minimum Gasteiger partial charge on any atom is -0.330 e. The van der Waals surface area contributed by atoms with E-state index in [1.165, 1.54) is 11.1 Å². The maximum Gasteiger partial charge on any atom is 0.0991 e. The van der Waals surface area contributed by atoms with Crippen molar-refractivity contribution in [2.75, 3.05) is 6.54 Å². The summed E-state index contributed by atoms with van der Waals surface area (Å²) in [5, 5.41) is 9.00. The molecule has 0 heterocycles. The predicted molar refractivity (Wildman–Crippen MR) is 91.8 cm³/mol. The molecule has 0 aliphatic heterocycles. The van der Waals surface area contributed by atoms with Gasteiger partial charge in [-0.15, -0.1) is 0 Å². The van der Waals surface area contributed by atoms with Gasteiger partial charge in [-0.25, -0.2) is 0 Å². The largest absolute Gasteiger partial charge is 0.330 e. The first-order valence-corrected chi connectivity index (χ1v) is 7.73. The van der Waals surface area contributed by atoms with Crippen molar-refractivity contribution in [1.29, 1.82) is 5.26 Å². The minimum atomic E-state index is 0.165. The van der Waals surface area contributed by atoms with Crippen LogP contribution in [0.4, 0.5) is 0 Å². The van der Waals surface area contributed by atoms with Crippen LogP contribution in [0.25, 0.3) is 0 Å². The molecule has 0 aromatic heterocycles. The Labute approximate surface area is 133 Å². The van der Waals surface area contributed by atoms with Gasteiger partial charge in [0.15, 0.2) is 0 Å². The first kappa shape index (κ1) is 16.3. The van der Waals surface area contributed by atoms with Gasteiger partial charge in [0.1, 0.15) is 0 Å². The van der Waals surface area contributed by atoms with E-state index in [1.54, 1.807) is 0 Å². The van der Waals surface area contributed by atoms with Crippen molar-refractivity contribution < 1.29 is 0 Å². The quantitative estimate of drug-likeness (QED) is 0.920. The summed E-state index contributed by atoms with van der Waals surface area (Å²) in [5.41, 5.74) is 10.6. The molecule has 0 aliphatic carbocycles. The van der Waals surface area contributed by atoms with Gasteiger partial charge in [-0.3, -0.25) is 0 Å². The fourth-order valence-corrected chi connectivity index (χ4v) is 2.64. The highest BCUT2D eigenvalue weighted by Crippen LogP contribution is 2.26. The zero-order valence-electron chi connectivity index (χ0n) is 13.6. The van der Waals surface area contributed by atoms with E-state index >= 15 is 0 Å². The molecule has 0 fully saturated rings. The van der Waals surface area contributed by atoms with Gasteiger partial charge in [-0.2, -0.15) is 5.26 Å².